The van der Waals surface area contributed by atoms with Crippen LogP contribution in [0.15, 0.2) is 20.5 Å². The molecule has 0 aliphatic heterocycles. The average molecular weight is 270 g/mol. The SMILES string of the molecule is CCC(C)N=NC(C)(C)OC(C)(C)N=NC(C)CC. The monoisotopic (exact) mass is 270 g/mol. The number of hydrogen-bond acceptors (Lipinski definition) is 5. The summed E-state index contributed by atoms with van der Waals surface area (Å²) in [6, 6.07) is 0.431. The van der Waals surface area contributed by atoms with E-state index in [1.54, 1.807) is 0 Å². The zero-order valence-electron chi connectivity index (χ0n) is 13.8. The van der Waals surface area contributed by atoms with Crippen LogP contribution in [0.4, 0.5) is 0 Å². The Labute approximate surface area is 117 Å². The standard InChI is InChI=1S/C14H30N4O/c1-9-11(3)15-17-13(5,6)19-14(7,8)18-16-12(4)10-2/h11-12H,9-10H2,1-8H3. The van der Waals surface area contributed by atoms with Gasteiger partial charge in [-0.1, -0.05) is 13.8 Å². The van der Waals surface area contributed by atoms with E-state index >= 15 is 0 Å². The van der Waals surface area contributed by atoms with Crippen molar-refractivity contribution in [1.82, 2.24) is 0 Å². The third kappa shape index (κ3) is 8.81. The topological polar surface area (TPSA) is 58.7 Å². The number of nitrogens with zero attached hydrogens (tertiary/aromatic N) is 4. The third-order valence-electron chi connectivity index (χ3n) is 2.67. The molecule has 0 saturated carbocycles. The normalized spacial score (nSPS) is 17.3. The molecule has 112 valence electrons. The molecule has 0 N–H and O–H groups in total. The molecule has 0 heterocycles. The lowest BCUT2D eigenvalue weighted by molar-refractivity contribution is -0.120. The van der Waals surface area contributed by atoms with Crippen molar-refractivity contribution >= 4 is 0 Å². The van der Waals surface area contributed by atoms with E-state index < -0.39 is 11.4 Å². The lowest BCUT2D eigenvalue weighted by Gasteiger charge is -2.29. The molecule has 0 radical (unpaired) electrons. The van der Waals surface area contributed by atoms with Crippen LogP contribution in [0.2, 0.25) is 0 Å². The summed E-state index contributed by atoms with van der Waals surface area (Å²) >= 11 is 0. The second kappa shape index (κ2) is 7.68. The summed E-state index contributed by atoms with van der Waals surface area (Å²) in [5, 5.41) is 17.0. The highest BCUT2D eigenvalue weighted by molar-refractivity contribution is 4.73. The van der Waals surface area contributed by atoms with E-state index in [0.717, 1.165) is 12.8 Å². The van der Waals surface area contributed by atoms with Gasteiger partial charge < -0.3 is 4.74 Å². The summed E-state index contributed by atoms with van der Waals surface area (Å²) in [6.07, 6.45) is 1.94. The van der Waals surface area contributed by atoms with Crippen molar-refractivity contribution in [2.24, 2.45) is 20.5 Å². The van der Waals surface area contributed by atoms with Gasteiger partial charge in [-0.25, -0.2) is 0 Å². The van der Waals surface area contributed by atoms with Crippen LogP contribution < -0.4 is 0 Å². The van der Waals surface area contributed by atoms with Gasteiger partial charge in [0.25, 0.3) is 0 Å². The van der Waals surface area contributed by atoms with E-state index in [0.29, 0.717) is 0 Å². The van der Waals surface area contributed by atoms with Crippen LogP contribution in [-0.4, -0.2) is 23.5 Å². The largest absolute Gasteiger partial charge is 0.324 e. The van der Waals surface area contributed by atoms with Gasteiger partial charge in [-0.05, 0) is 54.4 Å². The van der Waals surface area contributed by atoms with Crippen LogP contribution in [0.5, 0.6) is 0 Å². The Morgan fingerprint density at radius 1 is 0.789 bits per heavy atom. The molecule has 5 heteroatoms. The van der Waals surface area contributed by atoms with Gasteiger partial charge in [-0.3, -0.25) is 0 Å². The lowest BCUT2D eigenvalue weighted by atomic mass is 10.2. The molecule has 2 atom stereocenters. The maximum Gasteiger partial charge on any atom is 0.176 e. The van der Waals surface area contributed by atoms with Gasteiger partial charge >= 0.3 is 0 Å². The fourth-order valence-corrected chi connectivity index (χ4v) is 1.29. The van der Waals surface area contributed by atoms with E-state index in [4.69, 9.17) is 4.74 Å². The molecule has 2 unspecified atom stereocenters. The zero-order chi connectivity index (χ0) is 15.1. The Balaban J connectivity index is 4.62. The van der Waals surface area contributed by atoms with Gasteiger partial charge in [0, 0.05) is 0 Å². The van der Waals surface area contributed by atoms with E-state index in [1.807, 2.05) is 41.5 Å². The predicted molar refractivity (Wildman–Crippen MR) is 78.5 cm³/mol. The molecule has 0 aromatic carbocycles. The number of azo groups is 2. The molecule has 0 saturated heterocycles. The molecular formula is C14H30N4O. The van der Waals surface area contributed by atoms with E-state index in [-0.39, 0.29) is 12.1 Å². The predicted octanol–water partition coefficient (Wildman–Crippen LogP) is 4.98. The highest BCUT2D eigenvalue weighted by Gasteiger charge is 2.29. The van der Waals surface area contributed by atoms with Crippen molar-refractivity contribution in [3.63, 3.8) is 0 Å². The molecular weight excluding hydrogens is 240 g/mol. The van der Waals surface area contributed by atoms with E-state index in [1.165, 1.54) is 0 Å². The van der Waals surface area contributed by atoms with Crippen LogP contribution in [0.1, 0.15) is 68.2 Å². The molecule has 0 spiro atoms. The summed E-state index contributed by atoms with van der Waals surface area (Å²) < 4.78 is 5.89. The molecule has 0 bridgehead atoms. The molecule has 0 aromatic rings. The summed E-state index contributed by atoms with van der Waals surface area (Å²) in [6.45, 7) is 15.8. The van der Waals surface area contributed by atoms with Crippen molar-refractivity contribution in [2.75, 3.05) is 0 Å². The van der Waals surface area contributed by atoms with Gasteiger partial charge in [-0.15, -0.1) is 0 Å². The molecule has 0 amide bonds. The Morgan fingerprint density at radius 2 is 1.11 bits per heavy atom. The Morgan fingerprint density at radius 3 is 1.37 bits per heavy atom. The van der Waals surface area contributed by atoms with E-state index in [9.17, 15) is 0 Å². The number of ether oxygens (including phenoxy) is 1. The van der Waals surface area contributed by atoms with Crippen molar-refractivity contribution in [1.29, 1.82) is 0 Å². The van der Waals surface area contributed by atoms with Crippen molar-refractivity contribution < 1.29 is 4.74 Å². The quantitative estimate of drug-likeness (QED) is 0.574. The first-order valence-corrected chi connectivity index (χ1v) is 7.16. The molecule has 0 aliphatic rings. The Kier molecular flexibility index (Phi) is 7.34. The summed E-state index contributed by atoms with van der Waals surface area (Å²) in [7, 11) is 0. The molecule has 0 aromatic heterocycles. The summed E-state index contributed by atoms with van der Waals surface area (Å²) in [5.41, 5.74) is -1.39. The number of rotatable bonds is 8. The first-order valence-electron chi connectivity index (χ1n) is 7.16. The molecule has 0 aliphatic carbocycles. The molecule has 5 nitrogen and oxygen atoms in total. The minimum atomic E-state index is -0.693. The fraction of sp³-hybridized carbons (Fsp3) is 1.00. The zero-order valence-corrected chi connectivity index (χ0v) is 13.8. The van der Waals surface area contributed by atoms with Crippen molar-refractivity contribution in [3.05, 3.63) is 0 Å². The van der Waals surface area contributed by atoms with E-state index in [2.05, 4.69) is 34.3 Å². The third-order valence-corrected chi connectivity index (χ3v) is 2.67. The Bertz CT molecular complexity index is 281. The second-order valence-corrected chi connectivity index (χ2v) is 5.94. The maximum absolute atomic E-state index is 5.89. The van der Waals surface area contributed by atoms with Crippen LogP contribution in [0, 0.1) is 0 Å². The van der Waals surface area contributed by atoms with Gasteiger partial charge in [0.05, 0.1) is 12.1 Å². The molecule has 0 rings (SSSR count). The first-order chi connectivity index (χ1) is 8.62. The van der Waals surface area contributed by atoms with Crippen LogP contribution in [0.25, 0.3) is 0 Å². The van der Waals surface area contributed by atoms with Gasteiger partial charge in [0.1, 0.15) is 0 Å². The second-order valence-electron chi connectivity index (χ2n) is 5.94. The van der Waals surface area contributed by atoms with Crippen molar-refractivity contribution in [2.45, 2.75) is 91.8 Å². The highest BCUT2D eigenvalue weighted by atomic mass is 16.5. The van der Waals surface area contributed by atoms with Gasteiger partial charge in [0.15, 0.2) is 11.4 Å². The summed E-state index contributed by atoms with van der Waals surface area (Å²) in [5.74, 6) is 0. The highest BCUT2D eigenvalue weighted by Crippen LogP contribution is 2.24. The number of hydrogen-bond donors (Lipinski definition) is 0. The Hall–Kier alpha value is -0.840. The fourth-order valence-electron chi connectivity index (χ4n) is 1.29. The maximum atomic E-state index is 5.89. The van der Waals surface area contributed by atoms with Gasteiger partial charge in [-0.2, -0.15) is 20.5 Å². The van der Waals surface area contributed by atoms with Gasteiger partial charge in [0.2, 0.25) is 0 Å². The minimum Gasteiger partial charge on any atom is -0.324 e. The van der Waals surface area contributed by atoms with Crippen LogP contribution in [-0.2, 0) is 4.74 Å². The van der Waals surface area contributed by atoms with Crippen molar-refractivity contribution in [3.8, 4) is 0 Å². The molecule has 0 fully saturated rings. The summed E-state index contributed by atoms with van der Waals surface area (Å²) in [4.78, 5) is 0. The first kappa shape index (κ1) is 18.2. The van der Waals surface area contributed by atoms with Crippen LogP contribution in [0.3, 0.4) is 0 Å². The minimum absolute atomic E-state index is 0.215. The van der Waals surface area contributed by atoms with Crippen LogP contribution >= 0.6 is 0 Å². The smallest absolute Gasteiger partial charge is 0.176 e. The molecule has 19 heavy (non-hydrogen) atoms. The lowest BCUT2D eigenvalue weighted by Crippen LogP contribution is -2.34. The average Bonchev–Trinajstić information content (AvgIpc) is 2.31.